The standard InChI is InChI=1S/C15H16N2O2S2/c1-9-6-10(7-20-9)14(18)16-17-15(19)12-8-21-13-5-3-2-4-11(12)13/h6-8H,2-5H2,1H3,(H,16,18)(H,17,19). The molecule has 0 aliphatic heterocycles. The quantitative estimate of drug-likeness (QED) is 0.836. The molecule has 2 amide bonds. The minimum Gasteiger partial charge on any atom is -0.267 e. The Balaban J connectivity index is 1.64. The molecule has 0 spiro atoms. The van der Waals surface area contributed by atoms with Crippen LogP contribution in [0.5, 0.6) is 0 Å². The van der Waals surface area contributed by atoms with E-state index in [0.29, 0.717) is 11.1 Å². The normalized spacial score (nSPS) is 13.6. The third-order valence-corrected chi connectivity index (χ3v) is 5.54. The van der Waals surface area contributed by atoms with Crippen molar-refractivity contribution in [2.24, 2.45) is 0 Å². The molecule has 0 radical (unpaired) electrons. The summed E-state index contributed by atoms with van der Waals surface area (Å²) in [5.41, 5.74) is 7.43. The maximum Gasteiger partial charge on any atom is 0.270 e. The summed E-state index contributed by atoms with van der Waals surface area (Å²) in [7, 11) is 0. The van der Waals surface area contributed by atoms with Crippen LogP contribution < -0.4 is 10.9 Å². The van der Waals surface area contributed by atoms with E-state index in [-0.39, 0.29) is 11.8 Å². The van der Waals surface area contributed by atoms with Crippen molar-refractivity contribution in [3.63, 3.8) is 0 Å². The second-order valence-corrected chi connectivity index (χ2v) is 7.19. The smallest absolute Gasteiger partial charge is 0.267 e. The summed E-state index contributed by atoms with van der Waals surface area (Å²) in [6.07, 6.45) is 4.35. The van der Waals surface area contributed by atoms with Crippen molar-refractivity contribution in [2.75, 3.05) is 0 Å². The van der Waals surface area contributed by atoms with Gasteiger partial charge in [-0.3, -0.25) is 20.4 Å². The summed E-state index contributed by atoms with van der Waals surface area (Å²) in [5.74, 6) is -0.508. The number of rotatable bonds is 2. The predicted molar refractivity (Wildman–Crippen MR) is 84.9 cm³/mol. The highest BCUT2D eigenvalue weighted by molar-refractivity contribution is 7.10. The van der Waals surface area contributed by atoms with E-state index in [0.717, 1.165) is 29.7 Å². The summed E-state index contributed by atoms with van der Waals surface area (Å²) < 4.78 is 0. The zero-order valence-electron chi connectivity index (χ0n) is 11.7. The molecule has 0 unspecified atom stereocenters. The van der Waals surface area contributed by atoms with Gasteiger partial charge in [-0.1, -0.05) is 0 Å². The lowest BCUT2D eigenvalue weighted by Gasteiger charge is -2.12. The van der Waals surface area contributed by atoms with E-state index in [9.17, 15) is 9.59 Å². The molecule has 0 bridgehead atoms. The van der Waals surface area contributed by atoms with Crippen LogP contribution in [0.3, 0.4) is 0 Å². The summed E-state index contributed by atoms with van der Waals surface area (Å²) in [5, 5.41) is 3.68. The number of hydrogen-bond acceptors (Lipinski definition) is 4. The summed E-state index contributed by atoms with van der Waals surface area (Å²) >= 11 is 3.15. The van der Waals surface area contributed by atoms with Gasteiger partial charge in [0, 0.05) is 20.5 Å². The molecule has 110 valence electrons. The number of nitrogens with one attached hydrogen (secondary N) is 2. The van der Waals surface area contributed by atoms with E-state index in [1.807, 2.05) is 12.3 Å². The molecule has 6 heteroatoms. The van der Waals surface area contributed by atoms with Crippen molar-refractivity contribution in [1.82, 2.24) is 10.9 Å². The molecular weight excluding hydrogens is 304 g/mol. The lowest BCUT2D eigenvalue weighted by atomic mass is 9.96. The number of hydrogen-bond donors (Lipinski definition) is 2. The summed E-state index contributed by atoms with van der Waals surface area (Å²) in [6.45, 7) is 1.94. The minimum absolute atomic E-state index is 0.227. The van der Waals surface area contributed by atoms with Crippen molar-refractivity contribution >= 4 is 34.5 Å². The highest BCUT2D eigenvalue weighted by Gasteiger charge is 2.20. The first-order valence-corrected chi connectivity index (χ1v) is 8.66. The van der Waals surface area contributed by atoms with Crippen LogP contribution in [0.15, 0.2) is 16.8 Å². The Bertz CT molecular complexity index is 688. The zero-order valence-corrected chi connectivity index (χ0v) is 13.3. The fourth-order valence-corrected chi connectivity index (χ4v) is 4.31. The number of thiophene rings is 2. The Morgan fingerprint density at radius 1 is 1.05 bits per heavy atom. The first kappa shape index (κ1) is 14.3. The number of carbonyl (C=O) groups excluding carboxylic acids is 2. The highest BCUT2D eigenvalue weighted by Crippen LogP contribution is 2.29. The molecule has 3 rings (SSSR count). The van der Waals surface area contributed by atoms with Crippen LogP contribution in [-0.2, 0) is 12.8 Å². The van der Waals surface area contributed by atoms with Gasteiger partial charge in [0.25, 0.3) is 11.8 Å². The Labute approximate surface area is 131 Å². The van der Waals surface area contributed by atoms with Crippen LogP contribution in [0.1, 0.15) is 48.9 Å². The lowest BCUT2D eigenvalue weighted by Crippen LogP contribution is -2.41. The van der Waals surface area contributed by atoms with Crippen LogP contribution in [-0.4, -0.2) is 11.8 Å². The maximum atomic E-state index is 12.2. The van der Waals surface area contributed by atoms with Gasteiger partial charge in [0.15, 0.2) is 0 Å². The molecule has 0 saturated carbocycles. The van der Waals surface area contributed by atoms with Crippen molar-refractivity contribution < 1.29 is 9.59 Å². The first-order valence-electron chi connectivity index (χ1n) is 6.90. The van der Waals surface area contributed by atoms with Crippen LogP contribution in [0.2, 0.25) is 0 Å². The van der Waals surface area contributed by atoms with Gasteiger partial charge in [-0.2, -0.15) is 0 Å². The molecule has 21 heavy (non-hydrogen) atoms. The molecule has 2 N–H and O–H groups in total. The Morgan fingerprint density at radius 3 is 2.57 bits per heavy atom. The van der Waals surface area contributed by atoms with Crippen molar-refractivity contribution in [3.8, 4) is 0 Å². The predicted octanol–water partition coefficient (Wildman–Crippen LogP) is 3.07. The van der Waals surface area contributed by atoms with E-state index in [2.05, 4.69) is 10.9 Å². The van der Waals surface area contributed by atoms with Gasteiger partial charge in [0.1, 0.15) is 0 Å². The van der Waals surface area contributed by atoms with Crippen LogP contribution >= 0.6 is 22.7 Å². The van der Waals surface area contributed by atoms with Crippen LogP contribution in [0.4, 0.5) is 0 Å². The molecule has 1 aliphatic rings. The lowest BCUT2D eigenvalue weighted by molar-refractivity contribution is 0.0846. The Hall–Kier alpha value is -1.66. The number of amides is 2. The van der Waals surface area contributed by atoms with E-state index in [4.69, 9.17) is 0 Å². The molecule has 2 heterocycles. The van der Waals surface area contributed by atoms with E-state index in [1.54, 1.807) is 22.8 Å². The Kier molecular flexibility index (Phi) is 4.07. The monoisotopic (exact) mass is 320 g/mol. The average molecular weight is 320 g/mol. The summed E-state index contributed by atoms with van der Waals surface area (Å²) in [6, 6.07) is 1.80. The van der Waals surface area contributed by atoms with Gasteiger partial charge in [-0.25, -0.2) is 0 Å². The molecule has 0 saturated heterocycles. The van der Waals surface area contributed by atoms with Crippen molar-refractivity contribution in [1.29, 1.82) is 0 Å². The molecule has 0 fully saturated rings. The largest absolute Gasteiger partial charge is 0.270 e. The van der Waals surface area contributed by atoms with Gasteiger partial charge >= 0.3 is 0 Å². The molecule has 4 nitrogen and oxygen atoms in total. The second kappa shape index (κ2) is 5.99. The SMILES string of the molecule is Cc1cc(C(=O)NNC(=O)c2csc3c2CCCC3)cs1. The summed E-state index contributed by atoms with van der Waals surface area (Å²) in [4.78, 5) is 26.5. The number of aryl methyl sites for hydroxylation is 2. The van der Waals surface area contributed by atoms with E-state index in [1.165, 1.54) is 22.6 Å². The molecule has 0 aromatic carbocycles. The number of fused-ring (bicyclic) bond motifs is 1. The number of hydrazine groups is 1. The second-order valence-electron chi connectivity index (χ2n) is 5.11. The van der Waals surface area contributed by atoms with Gasteiger partial charge in [-0.15, -0.1) is 22.7 Å². The van der Waals surface area contributed by atoms with Gasteiger partial charge in [0.05, 0.1) is 11.1 Å². The third kappa shape index (κ3) is 3.01. The Morgan fingerprint density at radius 2 is 1.81 bits per heavy atom. The third-order valence-electron chi connectivity index (χ3n) is 3.59. The topological polar surface area (TPSA) is 58.2 Å². The molecule has 2 aromatic rings. The van der Waals surface area contributed by atoms with Gasteiger partial charge in [-0.05, 0) is 44.2 Å². The number of carbonyl (C=O) groups is 2. The average Bonchev–Trinajstić information content (AvgIpc) is 3.10. The minimum atomic E-state index is -0.281. The maximum absolute atomic E-state index is 12.2. The highest BCUT2D eigenvalue weighted by atomic mass is 32.1. The van der Waals surface area contributed by atoms with E-state index < -0.39 is 0 Å². The molecule has 0 atom stereocenters. The van der Waals surface area contributed by atoms with Gasteiger partial charge < -0.3 is 0 Å². The zero-order chi connectivity index (χ0) is 14.8. The fourth-order valence-electron chi connectivity index (χ4n) is 2.50. The first-order chi connectivity index (χ1) is 10.1. The van der Waals surface area contributed by atoms with Crippen molar-refractivity contribution in [3.05, 3.63) is 43.3 Å². The molecular formula is C15H16N2O2S2. The molecule has 1 aliphatic carbocycles. The van der Waals surface area contributed by atoms with E-state index >= 15 is 0 Å². The fraction of sp³-hybridized carbons (Fsp3) is 0.333. The van der Waals surface area contributed by atoms with Gasteiger partial charge in [0.2, 0.25) is 0 Å². The van der Waals surface area contributed by atoms with Crippen molar-refractivity contribution in [2.45, 2.75) is 32.6 Å². The van der Waals surface area contributed by atoms with Crippen LogP contribution in [0.25, 0.3) is 0 Å². The molecule has 2 aromatic heterocycles. The van der Waals surface area contributed by atoms with Crippen LogP contribution in [0, 0.1) is 6.92 Å².